The van der Waals surface area contributed by atoms with Gasteiger partial charge in [-0.1, -0.05) is 12.8 Å². The minimum absolute atomic E-state index is 0.911. The molecule has 0 amide bonds. The molecular formula is C16H20N2. The van der Waals surface area contributed by atoms with Crippen LogP contribution >= 0.6 is 0 Å². The molecule has 0 heterocycles. The van der Waals surface area contributed by atoms with Gasteiger partial charge in [0.2, 0.25) is 0 Å². The molecule has 2 heteroatoms. The Morgan fingerprint density at radius 2 is 0.944 bits per heavy atom. The Labute approximate surface area is 110 Å². The van der Waals surface area contributed by atoms with E-state index in [2.05, 4.69) is 12.1 Å². The molecule has 2 aliphatic rings. The van der Waals surface area contributed by atoms with Crippen LogP contribution in [-0.2, 0) is 0 Å². The van der Waals surface area contributed by atoms with E-state index in [0.717, 1.165) is 49.7 Å². The van der Waals surface area contributed by atoms with E-state index in [4.69, 9.17) is 0 Å². The second kappa shape index (κ2) is 6.41. The van der Waals surface area contributed by atoms with Gasteiger partial charge in [-0.05, 0) is 62.5 Å². The van der Waals surface area contributed by atoms with Gasteiger partial charge >= 0.3 is 0 Å². The lowest BCUT2D eigenvalue weighted by molar-refractivity contribution is 0.698. The van der Waals surface area contributed by atoms with Crippen LogP contribution in [0.2, 0.25) is 0 Å². The molecule has 0 radical (unpaired) electrons. The van der Waals surface area contributed by atoms with Gasteiger partial charge in [0.25, 0.3) is 0 Å². The summed E-state index contributed by atoms with van der Waals surface area (Å²) >= 11 is 0. The Bertz CT molecular complexity index is 410. The topological polar surface area (TPSA) is 47.6 Å². The maximum Gasteiger partial charge on any atom is 0.0950 e. The molecule has 0 spiro atoms. The van der Waals surface area contributed by atoms with Gasteiger partial charge in [-0.25, -0.2) is 0 Å². The van der Waals surface area contributed by atoms with E-state index in [-0.39, 0.29) is 0 Å². The van der Waals surface area contributed by atoms with Gasteiger partial charge in [0, 0.05) is 11.1 Å². The van der Waals surface area contributed by atoms with Crippen molar-refractivity contribution in [1.29, 1.82) is 10.5 Å². The predicted molar refractivity (Wildman–Crippen MR) is 71.4 cm³/mol. The zero-order valence-electron chi connectivity index (χ0n) is 11.0. The molecule has 94 valence electrons. The zero-order valence-corrected chi connectivity index (χ0v) is 11.0. The molecule has 0 bridgehead atoms. The first-order chi connectivity index (χ1) is 8.86. The number of nitrogens with zero attached hydrogens (tertiary/aromatic N) is 2. The van der Waals surface area contributed by atoms with Crippen molar-refractivity contribution >= 4 is 0 Å². The average molecular weight is 240 g/mol. The van der Waals surface area contributed by atoms with Crippen molar-refractivity contribution < 1.29 is 0 Å². The highest BCUT2D eigenvalue weighted by molar-refractivity contribution is 5.48. The van der Waals surface area contributed by atoms with Gasteiger partial charge < -0.3 is 0 Å². The number of hydrogen-bond acceptors (Lipinski definition) is 2. The van der Waals surface area contributed by atoms with Crippen LogP contribution in [0.5, 0.6) is 0 Å². The highest BCUT2D eigenvalue weighted by Gasteiger charge is 2.19. The van der Waals surface area contributed by atoms with Crippen molar-refractivity contribution in [2.24, 2.45) is 0 Å². The first-order valence-corrected chi connectivity index (χ1v) is 7.11. The minimum atomic E-state index is 0.911. The van der Waals surface area contributed by atoms with Crippen LogP contribution < -0.4 is 0 Å². The normalized spacial score (nSPS) is 21.9. The second-order valence-corrected chi connectivity index (χ2v) is 5.26. The van der Waals surface area contributed by atoms with Gasteiger partial charge in [-0.2, -0.15) is 10.5 Å². The molecule has 2 aliphatic carbocycles. The number of nitriles is 2. The molecule has 2 rings (SSSR count). The lowest BCUT2D eigenvalue weighted by Gasteiger charge is -2.13. The minimum Gasteiger partial charge on any atom is -0.193 e. The van der Waals surface area contributed by atoms with Crippen molar-refractivity contribution in [3.05, 3.63) is 22.3 Å². The molecular weight excluding hydrogens is 220 g/mol. The van der Waals surface area contributed by atoms with Crippen LogP contribution in [0.1, 0.15) is 64.2 Å². The van der Waals surface area contributed by atoms with Crippen LogP contribution in [0.25, 0.3) is 0 Å². The second-order valence-electron chi connectivity index (χ2n) is 5.26. The lowest BCUT2D eigenvalue weighted by Crippen LogP contribution is -1.97. The monoisotopic (exact) mass is 240 g/mol. The van der Waals surface area contributed by atoms with Gasteiger partial charge in [0.05, 0.1) is 12.1 Å². The maximum atomic E-state index is 9.33. The molecule has 18 heavy (non-hydrogen) atoms. The van der Waals surface area contributed by atoms with Crippen molar-refractivity contribution in [2.45, 2.75) is 64.2 Å². The Hall–Kier alpha value is -1.54. The van der Waals surface area contributed by atoms with Gasteiger partial charge in [-0.3, -0.25) is 0 Å². The van der Waals surface area contributed by atoms with E-state index < -0.39 is 0 Å². The SMILES string of the molecule is N#CC1=C(C2=C(C#N)CCCCC2)CCCCC1. The summed E-state index contributed by atoms with van der Waals surface area (Å²) in [4.78, 5) is 0. The molecule has 0 unspecified atom stereocenters. The Kier molecular flexibility index (Phi) is 4.59. The quantitative estimate of drug-likeness (QED) is 0.674. The largest absolute Gasteiger partial charge is 0.193 e. The third kappa shape index (κ3) is 2.82. The van der Waals surface area contributed by atoms with E-state index in [1.54, 1.807) is 0 Å². The Morgan fingerprint density at radius 3 is 1.33 bits per heavy atom. The highest BCUT2D eigenvalue weighted by Crippen LogP contribution is 2.35. The summed E-state index contributed by atoms with van der Waals surface area (Å²) in [7, 11) is 0. The summed E-state index contributed by atoms with van der Waals surface area (Å²) in [5.41, 5.74) is 4.37. The predicted octanol–water partition coefficient (Wildman–Crippen LogP) is 4.55. The summed E-state index contributed by atoms with van der Waals surface area (Å²) in [6.45, 7) is 0. The highest BCUT2D eigenvalue weighted by atomic mass is 14.3. The molecule has 0 aromatic carbocycles. The number of hydrogen-bond donors (Lipinski definition) is 0. The summed E-state index contributed by atoms with van der Waals surface area (Å²) in [5, 5.41) is 18.7. The fourth-order valence-electron chi connectivity index (χ4n) is 3.08. The van der Waals surface area contributed by atoms with Crippen molar-refractivity contribution in [3.63, 3.8) is 0 Å². The van der Waals surface area contributed by atoms with E-state index in [1.165, 1.54) is 36.8 Å². The molecule has 0 aromatic heterocycles. The summed E-state index contributed by atoms with van der Waals surface area (Å²) in [6, 6.07) is 4.78. The molecule has 0 aliphatic heterocycles. The van der Waals surface area contributed by atoms with E-state index in [0.29, 0.717) is 0 Å². The van der Waals surface area contributed by atoms with Gasteiger partial charge in [-0.15, -0.1) is 0 Å². The maximum absolute atomic E-state index is 9.33. The third-order valence-corrected chi connectivity index (χ3v) is 4.07. The van der Waals surface area contributed by atoms with E-state index in [1.807, 2.05) is 0 Å². The van der Waals surface area contributed by atoms with Gasteiger partial charge in [0.15, 0.2) is 0 Å². The van der Waals surface area contributed by atoms with Gasteiger partial charge in [0.1, 0.15) is 0 Å². The van der Waals surface area contributed by atoms with Crippen LogP contribution in [0.15, 0.2) is 22.3 Å². The Balaban J connectivity index is 2.42. The van der Waals surface area contributed by atoms with Crippen molar-refractivity contribution in [3.8, 4) is 12.1 Å². The van der Waals surface area contributed by atoms with Crippen LogP contribution in [0, 0.1) is 22.7 Å². The first kappa shape index (κ1) is 12.9. The molecule has 0 fully saturated rings. The number of allylic oxidation sites excluding steroid dienone is 4. The Morgan fingerprint density at radius 1 is 0.556 bits per heavy atom. The van der Waals surface area contributed by atoms with Crippen LogP contribution in [0.4, 0.5) is 0 Å². The molecule has 0 aromatic rings. The van der Waals surface area contributed by atoms with Crippen LogP contribution in [-0.4, -0.2) is 0 Å². The summed E-state index contributed by atoms with van der Waals surface area (Å²) in [5.74, 6) is 0. The van der Waals surface area contributed by atoms with Crippen LogP contribution in [0.3, 0.4) is 0 Å². The fourth-order valence-corrected chi connectivity index (χ4v) is 3.08. The van der Waals surface area contributed by atoms with Crippen molar-refractivity contribution in [1.82, 2.24) is 0 Å². The molecule has 0 saturated heterocycles. The zero-order chi connectivity index (χ0) is 12.8. The average Bonchev–Trinajstić information content (AvgIpc) is 2.77. The molecule has 0 atom stereocenters. The smallest absolute Gasteiger partial charge is 0.0950 e. The van der Waals surface area contributed by atoms with Crippen molar-refractivity contribution in [2.75, 3.05) is 0 Å². The first-order valence-electron chi connectivity index (χ1n) is 7.11. The number of rotatable bonds is 1. The third-order valence-electron chi connectivity index (χ3n) is 4.07. The molecule has 2 nitrogen and oxygen atoms in total. The standard InChI is InChI=1S/C16H20N2/c17-11-13-7-3-1-5-9-15(13)16-10-6-2-4-8-14(16)12-18/h1-10H2. The van der Waals surface area contributed by atoms with E-state index in [9.17, 15) is 10.5 Å². The fraction of sp³-hybridized carbons (Fsp3) is 0.625. The summed E-state index contributed by atoms with van der Waals surface area (Å²) in [6.07, 6.45) is 10.8. The summed E-state index contributed by atoms with van der Waals surface area (Å²) < 4.78 is 0. The molecule has 0 N–H and O–H groups in total. The van der Waals surface area contributed by atoms with E-state index >= 15 is 0 Å². The lowest BCUT2D eigenvalue weighted by atomic mass is 9.90. The molecule has 0 saturated carbocycles.